The molecule has 112 valence electrons. The number of hydrogen-bond acceptors (Lipinski definition) is 4. The third kappa shape index (κ3) is 4.30. The van der Waals surface area contributed by atoms with E-state index in [1.165, 1.54) is 0 Å². The van der Waals surface area contributed by atoms with Gasteiger partial charge in [-0.25, -0.2) is 9.97 Å². The minimum atomic E-state index is 0.340. The van der Waals surface area contributed by atoms with Gasteiger partial charge in [0.15, 0.2) is 5.82 Å². The Bertz CT molecular complexity index is 620. The molecule has 0 amide bonds. The van der Waals surface area contributed by atoms with Crippen LogP contribution in [0.1, 0.15) is 19.2 Å². The molecule has 4 nitrogen and oxygen atoms in total. The van der Waals surface area contributed by atoms with E-state index in [1.54, 1.807) is 25.3 Å². The first-order valence-electron chi connectivity index (χ1n) is 6.70. The number of halogens is 2. The Labute approximate surface area is 134 Å². The number of benzene rings is 1. The molecule has 21 heavy (non-hydrogen) atoms. The predicted molar refractivity (Wildman–Crippen MR) is 87.0 cm³/mol. The third-order valence-electron chi connectivity index (χ3n) is 2.81. The summed E-state index contributed by atoms with van der Waals surface area (Å²) in [5.74, 6) is 1.36. The van der Waals surface area contributed by atoms with Gasteiger partial charge in [-0.2, -0.15) is 0 Å². The highest BCUT2D eigenvalue weighted by atomic mass is 35.5. The topological polar surface area (TPSA) is 47.0 Å². The molecule has 0 fully saturated rings. The molecule has 1 aromatic carbocycles. The van der Waals surface area contributed by atoms with Crippen LogP contribution >= 0.6 is 23.2 Å². The van der Waals surface area contributed by atoms with Crippen LogP contribution in [0.3, 0.4) is 0 Å². The number of methoxy groups -OCH3 is 1. The minimum absolute atomic E-state index is 0.340. The maximum atomic E-state index is 6.25. The highest BCUT2D eigenvalue weighted by Gasteiger charge is 2.10. The first kappa shape index (κ1) is 16.0. The second kappa shape index (κ2) is 7.59. The molecule has 1 heterocycles. The van der Waals surface area contributed by atoms with Crippen molar-refractivity contribution in [3.8, 4) is 11.3 Å². The van der Waals surface area contributed by atoms with Crippen LogP contribution in [-0.4, -0.2) is 23.6 Å². The molecule has 2 rings (SSSR count). The smallest absolute Gasteiger partial charge is 0.157 e. The van der Waals surface area contributed by atoms with Crippen molar-refractivity contribution in [1.82, 2.24) is 9.97 Å². The Hall–Kier alpha value is -1.36. The fraction of sp³-hybridized carbons (Fsp3) is 0.333. The van der Waals surface area contributed by atoms with E-state index in [-0.39, 0.29) is 0 Å². The van der Waals surface area contributed by atoms with Crippen LogP contribution in [0.4, 0.5) is 5.82 Å². The normalized spacial score (nSPS) is 10.7. The molecular formula is C15H17Cl2N3O. The zero-order valence-corrected chi connectivity index (χ0v) is 13.5. The number of nitrogens with zero attached hydrogens (tertiary/aromatic N) is 2. The Morgan fingerprint density at radius 2 is 2.00 bits per heavy atom. The Balaban J connectivity index is 2.45. The lowest BCUT2D eigenvalue weighted by molar-refractivity contribution is 0.178. The Morgan fingerprint density at radius 1 is 1.19 bits per heavy atom. The molecule has 0 saturated heterocycles. The summed E-state index contributed by atoms with van der Waals surface area (Å²) in [6.07, 6.45) is 1.01. The summed E-state index contributed by atoms with van der Waals surface area (Å²) in [6.45, 7) is 3.28. The molecule has 0 aliphatic carbocycles. The van der Waals surface area contributed by atoms with E-state index in [0.717, 1.165) is 30.0 Å². The molecule has 0 aliphatic heterocycles. The monoisotopic (exact) mass is 325 g/mol. The van der Waals surface area contributed by atoms with Gasteiger partial charge in [0.2, 0.25) is 0 Å². The van der Waals surface area contributed by atoms with E-state index in [9.17, 15) is 0 Å². The molecule has 0 spiro atoms. The molecule has 0 unspecified atom stereocenters. The number of nitrogens with one attached hydrogen (secondary N) is 1. The van der Waals surface area contributed by atoms with Gasteiger partial charge in [0.25, 0.3) is 0 Å². The summed E-state index contributed by atoms with van der Waals surface area (Å²) >= 11 is 12.3. The zero-order valence-electron chi connectivity index (χ0n) is 12.0. The maximum absolute atomic E-state index is 6.25. The van der Waals surface area contributed by atoms with Crippen LogP contribution in [0.25, 0.3) is 11.3 Å². The van der Waals surface area contributed by atoms with Gasteiger partial charge >= 0.3 is 0 Å². The summed E-state index contributed by atoms with van der Waals surface area (Å²) in [6, 6.07) is 7.18. The average molecular weight is 326 g/mol. The van der Waals surface area contributed by atoms with Gasteiger partial charge in [-0.15, -0.1) is 0 Å². The van der Waals surface area contributed by atoms with Gasteiger partial charge in [-0.1, -0.05) is 30.1 Å². The second-order valence-corrected chi connectivity index (χ2v) is 5.38. The van der Waals surface area contributed by atoms with Gasteiger partial charge in [0, 0.05) is 30.3 Å². The Kier molecular flexibility index (Phi) is 5.79. The van der Waals surface area contributed by atoms with E-state index in [2.05, 4.69) is 22.2 Å². The van der Waals surface area contributed by atoms with Crippen LogP contribution in [0.5, 0.6) is 0 Å². The summed E-state index contributed by atoms with van der Waals surface area (Å²) in [4.78, 5) is 8.90. The van der Waals surface area contributed by atoms with Crippen molar-refractivity contribution in [1.29, 1.82) is 0 Å². The summed E-state index contributed by atoms with van der Waals surface area (Å²) in [5.41, 5.74) is 1.51. The molecule has 0 atom stereocenters. The molecule has 1 aromatic heterocycles. The number of hydrogen-bond donors (Lipinski definition) is 1. The molecule has 0 radical (unpaired) electrons. The van der Waals surface area contributed by atoms with Gasteiger partial charge in [0.05, 0.1) is 10.7 Å². The zero-order chi connectivity index (χ0) is 15.2. The summed E-state index contributed by atoms with van der Waals surface area (Å²) in [7, 11) is 1.61. The van der Waals surface area contributed by atoms with E-state index in [4.69, 9.17) is 27.9 Å². The second-order valence-electron chi connectivity index (χ2n) is 4.54. The summed E-state index contributed by atoms with van der Waals surface area (Å²) < 4.78 is 5.12. The highest BCUT2D eigenvalue weighted by molar-refractivity contribution is 6.35. The van der Waals surface area contributed by atoms with Crippen LogP contribution in [0.15, 0.2) is 24.3 Å². The van der Waals surface area contributed by atoms with Gasteiger partial charge < -0.3 is 10.1 Å². The molecule has 0 bridgehead atoms. The molecule has 6 heteroatoms. The fourth-order valence-electron chi connectivity index (χ4n) is 1.87. The fourth-order valence-corrected chi connectivity index (χ4v) is 2.25. The number of aromatic nitrogens is 2. The van der Waals surface area contributed by atoms with Crippen molar-refractivity contribution in [3.05, 3.63) is 40.1 Å². The maximum Gasteiger partial charge on any atom is 0.157 e. The predicted octanol–water partition coefficient (Wildman–Crippen LogP) is 4.42. The SMILES string of the molecule is CCCNc1cc(-c2cc(Cl)ccc2Cl)nc(COC)n1. The first-order valence-corrected chi connectivity index (χ1v) is 7.45. The van der Waals surface area contributed by atoms with Crippen LogP contribution in [0.2, 0.25) is 10.0 Å². The number of rotatable bonds is 6. The lowest BCUT2D eigenvalue weighted by Crippen LogP contribution is -2.06. The third-order valence-corrected chi connectivity index (χ3v) is 3.37. The molecule has 0 aliphatic rings. The van der Waals surface area contributed by atoms with Crippen molar-refractivity contribution in [2.75, 3.05) is 19.0 Å². The van der Waals surface area contributed by atoms with Crippen LogP contribution in [0, 0.1) is 0 Å². The van der Waals surface area contributed by atoms with Gasteiger partial charge in [-0.3, -0.25) is 0 Å². The molecular weight excluding hydrogens is 309 g/mol. The van der Waals surface area contributed by atoms with E-state index in [1.807, 2.05) is 6.07 Å². The Morgan fingerprint density at radius 3 is 2.71 bits per heavy atom. The molecule has 1 N–H and O–H groups in total. The molecule has 0 saturated carbocycles. The van der Waals surface area contributed by atoms with Crippen LogP contribution < -0.4 is 5.32 Å². The summed E-state index contributed by atoms with van der Waals surface area (Å²) in [5, 5.41) is 4.47. The lowest BCUT2D eigenvalue weighted by Gasteiger charge is -2.10. The highest BCUT2D eigenvalue weighted by Crippen LogP contribution is 2.30. The number of ether oxygens (including phenoxy) is 1. The molecule has 2 aromatic rings. The minimum Gasteiger partial charge on any atom is -0.377 e. The van der Waals surface area contributed by atoms with E-state index >= 15 is 0 Å². The first-order chi connectivity index (χ1) is 10.1. The quantitative estimate of drug-likeness (QED) is 0.854. The van der Waals surface area contributed by atoms with Crippen LogP contribution in [-0.2, 0) is 11.3 Å². The average Bonchev–Trinajstić information content (AvgIpc) is 2.48. The van der Waals surface area contributed by atoms with E-state index < -0.39 is 0 Å². The van der Waals surface area contributed by atoms with Crippen molar-refractivity contribution < 1.29 is 4.74 Å². The van der Waals surface area contributed by atoms with Gasteiger partial charge in [0.1, 0.15) is 12.4 Å². The number of anilines is 1. The lowest BCUT2D eigenvalue weighted by atomic mass is 10.1. The van der Waals surface area contributed by atoms with Crippen molar-refractivity contribution in [3.63, 3.8) is 0 Å². The largest absolute Gasteiger partial charge is 0.377 e. The standard InChI is InChI=1S/C15H17Cl2N3O/c1-3-6-18-14-8-13(19-15(20-14)9-21-2)11-7-10(16)4-5-12(11)17/h4-5,7-8H,3,6,9H2,1-2H3,(H,18,19,20). The van der Waals surface area contributed by atoms with Crippen molar-refractivity contribution >= 4 is 29.0 Å². The van der Waals surface area contributed by atoms with Crippen molar-refractivity contribution in [2.45, 2.75) is 20.0 Å². The van der Waals surface area contributed by atoms with Gasteiger partial charge in [-0.05, 0) is 24.6 Å². The van der Waals surface area contributed by atoms with E-state index in [0.29, 0.717) is 22.5 Å². The van der Waals surface area contributed by atoms with Crippen molar-refractivity contribution in [2.24, 2.45) is 0 Å².